The van der Waals surface area contributed by atoms with Crippen LogP contribution in [-0.2, 0) is 17.8 Å². The average molecular weight is 676 g/mol. The van der Waals surface area contributed by atoms with Gasteiger partial charge >= 0.3 is 6.01 Å². The third kappa shape index (κ3) is 7.18. The molecule has 1 aromatic heterocycles. The van der Waals surface area contributed by atoms with Crippen molar-refractivity contribution in [2.45, 2.75) is 70.7 Å². The molecule has 260 valence electrons. The predicted octanol–water partition coefficient (Wildman–Crippen LogP) is 6.05. The Balaban J connectivity index is 1.29. The number of alkyl halides is 2. The normalized spacial score (nSPS) is 20.4. The Labute approximate surface area is 286 Å². The summed E-state index contributed by atoms with van der Waals surface area (Å²) in [6.07, 6.45) is 0.150. The second-order valence-corrected chi connectivity index (χ2v) is 13.9. The summed E-state index contributed by atoms with van der Waals surface area (Å²) in [6, 6.07) is 12.3. The highest BCUT2D eigenvalue weighted by molar-refractivity contribution is 5.97. The number of hydrogen-bond acceptors (Lipinski definition) is 7. The molecule has 2 aromatic carbocycles. The minimum absolute atomic E-state index is 0.0227. The molecule has 0 spiro atoms. The maximum absolute atomic E-state index is 13.9. The summed E-state index contributed by atoms with van der Waals surface area (Å²) in [5.74, 6) is -3.77. The zero-order valence-corrected chi connectivity index (χ0v) is 28.6. The van der Waals surface area contributed by atoms with Crippen molar-refractivity contribution in [2.24, 2.45) is 5.92 Å². The lowest BCUT2D eigenvalue weighted by molar-refractivity contribution is -0.131. The molecule has 9 nitrogen and oxygen atoms in total. The molecular weight excluding hydrogens is 631 g/mol. The highest BCUT2D eigenvalue weighted by Gasteiger charge is 2.48. The van der Waals surface area contributed by atoms with Crippen LogP contribution in [0, 0.1) is 19.4 Å². The van der Waals surface area contributed by atoms with Gasteiger partial charge < -0.3 is 24.3 Å². The number of anilines is 2. The van der Waals surface area contributed by atoms with Gasteiger partial charge in [-0.1, -0.05) is 36.9 Å². The minimum Gasteiger partial charge on any atom is -0.459 e. The van der Waals surface area contributed by atoms with Crippen molar-refractivity contribution in [3.05, 3.63) is 77.0 Å². The lowest BCUT2D eigenvalue weighted by Crippen LogP contribution is -2.57. The van der Waals surface area contributed by atoms with Crippen LogP contribution in [0.15, 0.2) is 48.8 Å². The molecule has 1 saturated carbocycles. The summed E-state index contributed by atoms with van der Waals surface area (Å²) < 4.78 is 47.4. The number of benzene rings is 2. The van der Waals surface area contributed by atoms with Gasteiger partial charge in [0.1, 0.15) is 18.0 Å². The number of halogens is 3. The van der Waals surface area contributed by atoms with E-state index in [4.69, 9.17) is 21.3 Å². The van der Waals surface area contributed by atoms with E-state index in [1.165, 1.54) is 21.2 Å². The zero-order chi connectivity index (χ0) is 35.0. The number of piperazine rings is 1. The first-order chi connectivity index (χ1) is 23.3. The Kier molecular flexibility index (Phi) is 9.76. The van der Waals surface area contributed by atoms with E-state index in [0.717, 1.165) is 23.5 Å². The van der Waals surface area contributed by atoms with Crippen molar-refractivity contribution in [1.29, 1.82) is 0 Å². The molecule has 0 N–H and O–H groups in total. The van der Waals surface area contributed by atoms with Crippen LogP contribution in [-0.4, -0.2) is 96.1 Å². The molecule has 3 heterocycles. The summed E-state index contributed by atoms with van der Waals surface area (Å²) in [6.45, 7) is 19.4. The number of likely N-dealkylation sites (N-methyl/N-ethyl adjacent to an activating group) is 1. The van der Waals surface area contributed by atoms with Crippen molar-refractivity contribution in [3.8, 4) is 6.01 Å². The number of nitrogens with zero attached hydrogens (tertiary/aromatic N) is 7. The number of aryl methyl sites for hydroxylation is 1. The van der Waals surface area contributed by atoms with Crippen LogP contribution in [0.25, 0.3) is 15.6 Å². The summed E-state index contributed by atoms with van der Waals surface area (Å²) in [5, 5.41) is 2.37. The molecule has 3 aliphatic rings. The zero-order valence-electron chi connectivity index (χ0n) is 28.6. The number of hydrogen-bond donors (Lipinski definition) is 0. The van der Waals surface area contributed by atoms with E-state index in [9.17, 15) is 18.0 Å². The van der Waals surface area contributed by atoms with Crippen LogP contribution < -0.4 is 14.5 Å². The molecule has 2 fully saturated rings. The number of fused-ring (bicyclic) bond motifs is 2. The number of ether oxygens (including phenoxy) is 1. The topological polar surface area (TPSA) is 69.4 Å². The van der Waals surface area contributed by atoms with Gasteiger partial charge in [0.05, 0.1) is 12.2 Å². The van der Waals surface area contributed by atoms with Gasteiger partial charge in [0.25, 0.3) is 5.91 Å². The molecule has 3 aromatic rings. The summed E-state index contributed by atoms with van der Waals surface area (Å²) in [5.41, 5.74) is 4.14. The van der Waals surface area contributed by atoms with Gasteiger partial charge in [0.15, 0.2) is 5.83 Å². The van der Waals surface area contributed by atoms with Crippen LogP contribution in [0.1, 0.15) is 43.5 Å². The van der Waals surface area contributed by atoms with E-state index in [1.54, 1.807) is 0 Å². The molecule has 1 saturated heterocycles. The summed E-state index contributed by atoms with van der Waals surface area (Å²) in [7, 11) is 1.93. The van der Waals surface area contributed by atoms with Crippen LogP contribution in [0.3, 0.4) is 0 Å². The lowest BCUT2D eigenvalue weighted by Gasteiger charge is -2.42. The van der Waals surface area contributed by atoms with Crippen molar-refractivity contribution in [3.63, 3.8) is 0 Å². The van der Waals surface area contributed by atoms with E-state index in [1.807, 2.05) is 20.9 Å². The standard InChI is InChI=1S/C37H44F3N7O2/c1-23-9-7-10-27-11-8-12-32(33(23)27)45-14-13-30-31(22-45)42-36(49-24(2)20-44(6)26(4)28-17-37(39,40)18-28)43-34(30)46-15-16-47(35(48)25(3)38)29(21-46)19-41-5/h7-12,24,26,28-29H,3,13-22H2,1-2,4,6H3/t24-,26-,29+/m1/s1. The molecule has 0 bridgehead atoms. The number of aromatic nitrogens is 2. The number of carbonyl (C=O) groups excluding carboxylic acids is 1. The maximum atomic E-state index is 13.9. The molecule has 2 aliphatic heterocycles. The van der Waals surface area contributed by atoms with Crippen molar-refractivity contribution in [2.75, 3.05) is 56.1 Å². The Bertz CT molecular complexity index is 1770. The highest BCUT2D eigenvalue weighted by Crippen LogP contribution is 2.45. The second-order valence-electron chi connectivity index (χ2n) is 13.9. The highest BCUT2D eigenvalue weighted by atomic mass is 19.3. The van der Waals surface area contributed by atoms with Gasteiger partial charge in [-0.05, 0) is 57.2 Å². The molecule has 12 heteroatoms. The van der Waals surface area contributed by atoms with Gasteiger partial charge in [0.2, 0.25) is 12.5 Å². The van der Waals surface area contributed by atoms with Crippen LogP contribution >= 0.6 is 0 Å². The smallest absolute Gasteiger partial charge is 0.318 e. The van der Waals surface area contributed by atoms with E-state index >= 15 is 0 Å². The quantitative estimate of drug-likeness (QED) is 0.191. The van der Waals surface area contributed by atoms with Gasteiger partial charge in [-0.25, -0.2) is 19.7 Å². The Morgan fingerprint density at radius 2 is 1.88 bits per heavy atom. The monoisotopic (exact) mass is 675 g/mol. The fourth-order valence-electron chi connectivity index (χ4n) is 7.61. The van der Waals surface area contributed by atoms with Gasteiger partial charge in [0, 0.05) is 68.2 Å². The van der Waals surface area contributed by atoms with E-state index in [0.29, 0.717) is 38.4 Å². The third-order valence-corrected chi connectivity index (χ3v) is 10.4. The minimum atomic E-state index is -2.57. The van der Waals surface area contributed by atoms with E-state index in [-0.39, 0.29) is 50.0 Å². The molecule has 3 atom stereocenters. The Morgan fingerprint density at radius 3 is 2.57 bits per heavy atom. The van der Waals surface area contributed by atoms with Gasteiger partial charge in [-0.2, -0.15) is 9.97 Å². The van der Waals surface area contributed by atoms with Crippen molar-refractivity contribution < 1.29 is 22.7 Å². The van der Waals surface area contributed by atoms with Crippen LogP contribution in [0.5, 0.6) is 6.01 Å². The van der Waals surface area contributed by atoms with Crippen molar-refractivity contribution >= 4 is 28.2 Å². The Hall–Kier alpha value is -4.37. The fraction of sp³-hybridized carbons (Fsp3) is 0.514. The summed E-state index contributed by atoms with van der Waals surface area (Å²) >= 11 is 0. The lowest BCUT2D eigenvalue weighted by atomic mass is 9.76. The van der Waals surface area contributed by atoms with Crippen molar-refractivity contribution in [1.82, 2.24) is 19.8 Å². The first-order valence-electron chi connectivity index (χ1n) is 17.0. The van der Waals surface area contributed by atoms with E-state index in [2.05, 4.69) is 69.4 Å². The van der Waals surface area contributed by atoms with Gasteiger partial charge in [-0.3, -0.25) is 9.69 Å². The second kappa shape index (κ2) is 13.9. The molecule has 1 aliphatic carbocycles. The number of rotatable bonds is 10. The molecule has 49 heavy (non-hydrogen) atoms. The molecular formula is C37H44F3N7O2. The SMILES string of the molecule is [C-]#[N+]C[C@H]1CN(c2nc(O[C@H](C)CN(C)[C@H](C)C3CC(F)(F)C3)nc3c2CCN(c2cccc4cccc(C)c24)C3)CCN1C(=O)C(=C)F. The number of carbonyl (C=O) groups is 1. The van der Waals surface area contributed by atoms with Crippen LogP contribution in [0.4, 0.5) is 24.7 Å². The first-order valence-corrected chi connectivity index (χ1v) is 17.0. The van der Waals surface area contributed by atoms with E-state index < -0.39 is 23.7 Å². The fourth-order valence-corrected chi connectivity index (χ4v) is 7.61. The molecule has 0 unspecified atom stereocenters. The Morgan fingerprint density at radius 1 is 1.14 bits per heavy atom. The molecule has 0 radical (unpaired) electrons. The third-order valence-electron chi connectivity index (χ3n) is 10.4. The predicted molar refractivity (Wildman–Crippen MR) is 185 cm³/mol. The molecule has 1 amide bonds. The van der Waals surface area contributed by atoms with Crippen LogP contribution in [0.2, 0.25) is 0 Å². The first kappa shape index (κ1) is 34.5. The number of amides is 1. The average Bonchev–Trinajstić information content (AvgIpc) is 3.05. The largest absolute Gasteiger partial charge is 0.459 e. The molecule has 6 rings (SSSR count). The summed E-state index contributed by atoms with van der Waals surface area (Å²) in [4.78, 5) is 33.8. The van der Waals surface area contributed by atoms with Gasteiger partial charge in [-0.15, -0.1) is 0 Å². The maximum Gasteiger partial charge on any atom is 0.318 e.